The maximum Gasteiger partial charge on any atom is 0.262 e. The molecule has 0 aromatic heterocycles. The molecule has 130 valence electrons. The number of carbonyl (C=O) groups is 2. The van der Waals surface area contributed by atoms with Crippen molar-refractivity contribution in [1.29, 1.82) is 5.26 Å². The normalized spacial score (nSPS) is 18.5. The number of hydrogen-bond acceptors (Lipinski definition) is 4. The monoisotopic (exact) mass is 363 g/mol. The van der Waals surface area contributed by atoms with E-state index < -0.39 is 11.2 Å². The van der Waals surface area contributed by atoms with Gasteiger partial charge in [-0.05, 0) is 31.0 Å². The predicted octanol–water partition coefficient (Wildman–Crippen LogP) is 2.91. The molecule has 5 nitrogen and oxygen atoms in total. The Labute approximate surface area is 156 Å². The third kappa shape index (κ3) is 3.48. The van der Waals surface area contributed by atoms with Crippen LogP contribution in [-0.2, 0) is 16.0 Å². The Bertz CT molecular complexity index is 914. The first kappa shape index (κ1) is 17.8. The molecule has 2 aromatic carbocycles. The molecule has 26 heavy (non-hydrogen) atoms. The minimum Gasteiger partial charge on any atom is -0.365 e. The van der Waals surface area contributed by atoms with Crippen molar-refractivity contribution in [2.45, 2.75) is 18.6 Å². The summed E-state index contributed by atoms with van der Waals surface area (Å²) in [7, 11) is 0. The van der Waals surface area contributed by atoms with Gasteiger partial charge in [0.15, 0.2) is 0 Å². The Balaban J connectivity index is 2.00. The van der Waals surface area contributed by atoms with Gasteiger partial charge < -0.3 is 5.73 Å². The smallest absolute Gasteiger partial charge is 0.262 e. The van der Waals surface area contributed by atoms with Crippen molar-refractivity contribution in [3.8, 4) is 6.07 Å². The summed E-state index contributed by atoms with van der Waals surface area (Å²) in [6.07, 6.45) is 0.508. The molecule has 1 saturated heterocycles. The van der Waals surface area contributed by atoms with Gasteiger partial charge in [-0.2, -0.15) is 5.26 Å². The molecule has 6 heteroatoms. The first-order valence-electron chi connectivity index (χ1n) is 8.06. The Hall–Kier alpha value is -3.04. The molecule has 1 atom stereocenters. The maximum atomic E-state index is 13.0. The van der Waals surface area contributed by atoms with Gasteiger partial charge in [0.2, 0.25) is 5.91 Å². The average molecular weight is 363 g/mol. The SMILES string of the molecule is Cc1ccc(C[C@H]2S/C(=C(\C#N)C(N)=O)N(c3ccccc3)C2=O)cc1. The van der Waals surface area contributed by atoms with Gasteiger partial charge >= 0.3 is 0 Å². The van der Waals surface area contributed by atoms with Gasteiger partial charge in [-0.1, -0.05) is 59.8 Å². The maximum absolute atomic E-state index is 13.0. The molecule has 0 unspecified atom stereocenters. The molecule has 2 amide bonds. The molecule has 1 aliphatic heterocycles. The number of nitrogens with zero attached hydrogens (tertiary/aromatic N) is 2. The van der Waals surface area contributed by atoms with Gasteiger partial charge in [0.1, 0.15) is 16.7 Å². The third-order valence-electron chi connectivity index (χ3n) is 4.08. The first-order valence-corrected chi connectivity index (χ1v) is 8.94. The van der Waals surface area contributed by atoms with Crippen LogP contribution in [0.25, 0.3) is 0 Å². The molecule has 0 radical (unpaired) electrons. The minimum atomic E-state index is -0.834. The fraction of sp³-hybridized carbons (Fsp3) is 0.150. The lowest BCUT2D eigenvalue weighted by atomic mass is 10.1. The van der Waals surface area contributed by atoms with Crippen molar-refractivity contribution in [3.05, 3.63) is 76.3 Å². The summed E-state index contributed by atoms with van der Waals surface area (Å²) < 4.78 is 0. The second kappa shape index (κ2) is 7.46. The zero-order chi connectivity index (χ0) is 18.7. The molecule has 1 aliphatic rings. The predicted molar refractivity (Wildman–Crippen MR) is 102 cm³/mol. The number of thioether (sulfide) groups is 1. The van der Waals surface area contributed by atoms with Crippen LogP contribution < -0.4 is 10.6 Å². The lowest BCUT2D eigenvalue weighted by Crippen LogP contribution is -2.30. The molecular weight excluding hydrogens is 346 g/mol. The molecule has 1 fully saturated rings. The second-order valence-electron chi connectivity index (χ2n) is 5.96. The average Bonchev–Trinajstić information content (AvgIpc) is 2.94. The number of primary amides is 1. The Morgan fingerprint density at radius 3 is 2.42 bits per heavy atom. The Kier molecular flexibility index (Phi) is 5.10. The van der Waals surface area contributed by atoms with E-state index in [1.165, 1.54) is 16.7 Å². The highest BCUT2D eigenvalue weighted by Gasteiger charge is 2.40. The molecule has 0 aliphatic carbocycles. The molecule has 2 N–H and O–H groups in total. The van der Waals surface area contributed by atoms with Crippen LogP contribution in [0.4, 0.5) is 5.69 Å². The van der Waals surface area contributed by atoms with E-state index in [-0.39, 0.29) is 11.5 Å². The number of para-hydroxylation sites is 1. The van der Waals surface area contributed by atoms with Crippen LogP contribution in [0.5, 0.6) is 0 Å². The number of carbonyl (C=O) groups excluding carboxylic acids is 2. The topological polar surface area (TPSA) is 87.2 Å². The number of nitrogens with two attached hydrogens (primary N) is 1. The summed E-state index contributed by atoms with van der Waals surface area (Å²) in [4.78, 5) is 26.2. The van der Waals surface area contributed by atoms with Crippen molar-refractivity contribution in [3.63, 3.8) is 0 Å². The van der Waals surface area contributed by atoms with Crippen molar-refractivity contribution in [1.82, 2.24) is 0 Å². The van der Waals surface area contributed by atoms with Crippen molar-refractivity contribution < 1.29 is 9.59 Å². The molecule has 3 rings (SSSR count). The highest BCUT2D eigenvalue weighted by molar-refractivity contribution is 8.05. The number of rotatable bonds is 4. The number of aryl methyl sites for hydroxylation is 1. The minimum absolute atomic E-state index is 0.161. The van der Waals surface area contributed by atoms with Crippen molar-refractivity contribution in [2.24, 2.45) is 5.73 Å². The van der Waals surface area contributed by atoms with Crippen LogP contribution in [0.1, 0.15) is 11.1 Å². The van der Waals surface area contributed by atoms with Crippen LogP contribution >= 0.6 is 11.8 Å². The lowest BCUT2D eigenvalue weighted by Gasteiger charge is -2.18. The summed E-state index contributed by atoms with van der Waals surface area (Å²) in [5.74, 6) is -0.995. The molecule has 1 heterocycles. The zero-order valence-electron chi connectivity index (χ0n) is 14.2. The summed E-state index contributed by atoms with van der Waals surface area (Å²) in [5, 5.41) is 9.23. The van der Waals surface area contributed by atoms with E-state index in [9.17, 15) is 14.9 Å². The molecular formula is C20H17N3O2S. The van der Waals surface area contributed by atoms with E-state index >= 15 is 0 Å². The number of amides is 2. The second-order valence-corrected chi connectivity index (χ2v) is 7.15. The Morgan fingerprint density at radius 1 is 1.19 bits per heavy atom. The van der Waals surface area contributed by atoms with Crippen molar-refractivity contribution >= 4 is 29.3 Å². The van der Waals surface area contributed by atoms with Crippen LogP contribution in [0.3, 0.4) is 0 Å². The molecule has 0 spiro atoms. The van der Waals surface area contributed by atoms with Crippen LogP contribution in [0, 0.1) is 18.3 Å². The largest absolute Gasteiger partial charge is 0.365 e. The lowest BCUT2D eigenvalue weighted by molar-refractivity contribution is -0.117. The molecule has 0 saturated carbocycles. The fourth-order valence-corrected chi connectivity index (χ4v) is 4.07. The number of hydrogen-bond donors (Lipinski definition) is 1. The van der Waals surface area contributed by atoms with Gasteiger partial charge in [0.05, 0.1) is 5.25 Å². The highest BCUT2D eigenvalue weighted by atomic mass is 32.2. The van der Waals surface area contributed by atoms with Gasteiger partial charge in [0.25, 0.3) is 5.91 Å². The third-order valence-corrected chi connectivity index (χ3v) is 5.34. The Morgan fingerprint density at radius 2 is 1.85 bits per heavy atom. The standard InChI is InChI=1S/C20H17N3O2S/c1-13-7-9-14(10-8-13)11-17-19(25)23(15-5-3-2-4-6-15)20(26-17)16(12-21)18(22)24/h2-10,17H,11H2,1H3,(H2,22,24)/b20-16+/t17-/m1/s1. The van der Waals surface area contributed by atoms with E-state index in [0.29, 0.717) is 17.1 Å². The first-order chi connectivity index (χ1) is 12.5. The quantitative estimate of drug-likeness (QED) is 0.668. The van der Waals surface area contributed by atoms with Crippen LogP contribution in [0.2, 0.25) is 0 Å². The number of benzene rings is 2. The van der Waals surface area contributed by atoms with Gasteiger partial charge in [-0.15, -0.1) is 0 Å². The van der Waals surface area contributed by atoms with Crippen LogP contribution in [-0.4, -0.2) is 17.1 Å². The zero-order valence-corrected chi connectivity index (χ0v) is 15.0. The van der Waals surface area contributed by atoms with Gasteiger partial charge in [-0.25, -0.2) is 0 Å². The number of anilines is 1. The summed E-state index contributed by atoms with van der Waals surface area (Å²) in [6, 6.07) is 18.8. The fourth-order valence-electron chi connectivity index (χ4n) is 2.75. The van der Waals surface area contributed by atoms with Gasteiger partial charge in [0, 0.05) is 5.69 Å². The molecule has 2 aromatic rings. The van der Waals surface area contributed by atoms with Crippen molar-refractivity contribution in [2.75, 3.05) is 4.90 Å². The van der Waals surface area contributed by atoms with Crippen LogP contribution in [0.15, 0.2) is 65.2 Å². The number of nitriles is 1. The summed E-state index contributed by atoms with van der Waals surface area (Å²) in [6.45, 7) is 2.00. The van der Waals surface area contributed by atoms with E-state index in [1.54, 1.807) is 24.3 Å². The van der Waals surface area contributed by atoms with E-state index in [0.717, 1.165) is 11.1 Å². The summed E-state index contributed by atoms with van der Waals surface area (Å²) >= 11 is 1.21. The van der Waals surface area contributed by atoms with E-state index in [4.69, 9.17) is 5.73 Å². The van der Waals surface area contributed by atoms with Gasteiger partial charge in [-0.3, -0.25) is 14.5 Å². The summed E-state index contributed by atoms with van der Waals surface area (Å²) in [5.41, 5.74) is 7.94. The van der Waals surface area contributed by atoms with E-state index in [2.05, 4.69) is 0 Å². The highest BCUT2D eigenvalue weighted by Crippen LogP contribution is 2.41. The molecule has 0 bridgehead atoms. The van der Waals surface area contributed by atoms with E-state index in [1.807, 2.05) is 43.3 Å².